The van der Waals surface area contributed by atoms with Gasteiger partial charge in [0.2, 0.25) is 0 Å². The van der Waals surface area contributed by atoms with Crippen molar-refractivity contribution in [2.24, 2.45) is 5.92 Å². The third kappa shape index (κ3) is 6.70. The lowest BCUT2D eigenvalue weighted by Gasteiger charge is -2.19. The lowest BCUT2D eigenvalue weighted by atomic mass is 9.87. The van der Waals surface area contributed by atoms with E-state index in [1.165, 1.54) is 0 Å². The predicted octanol–water partition coefficient (Wildman–Crippen LogP) is 3.00. The zero-order valence-corrected chi connectivity index (χ0v) is 17.5. The number of amides is 2. The second-order valence-electron chi connectivity index (χ2n) is 7.60. The summed E-state index contributed by atoms with van der Waals surface area (Å²) in [5, 5.41) is 11.7. The molecule has 6 nitrogen and oxygen atoms in total. The molecule has 2 amide bonds. The van der Waals surface area contributed by atoms with Gasteiger partial charge in [-0.15, -0.1) is 0 Å². The fourth-order valence-corrected chi connectivity index (χ4v) is 2.72. The average molecular weight is 409 g/mol. The largest absolute Gasteiger partial charge is 0.298 e. The van der Waals surface area contributed by atoms with Crippen molar-refractivity contribution in [3.8, 4) is 6.07 Å². The van der Waals surface area contributed by atoms with Gasteiger partial charge in [0.15, 0.2) is 5.11 Å². The first-order valence-electron chi connectivity index (χ1n) is 9.16. The summed E-state index contributed by atoms with van der Waals surface area (Å²) in [5.74, 6) is -1.80. The summed E-state index contributed by atoms with van der Waals surface area (Å²) in [6.45, 7) is 6.28. The van der Waals surface area contributed by atoms with Crippen molar-refractivity contribution < 1.29 is 9.59 Å². The first-order valence-corrected chi connectivity index (χ1v) is 9.57. The number of benzene rings is 2. The van der Waals surface area contributed by atoms with Gasteiger partial charge in [0.25, 0.3) is 11.8 Å². The molecule has 0 heterocycles. The first-order chi connectivity index (χ1) is 13.7. The summed E-state index contributed by atoms with van der Waals surface area (Å²) < 4.78 is 0. The monoisotopic (exact) mass is 408 g/mol. The number of thiocarbonyl (C=S) groups is 1. The Morgan fingerprint density at radius 2 is 1.66 bits per heavy atom. The Balaban J connectivity index is 1.86. The second kappa shape index (κ2) is 9.80. The molecule has 29 heavy (non-hydrogen) atoms. The third-order valence-electron chi connectivity index (χ3n) is 4.29. The van der Waals surface area contributed by atoms with Crippen LogP contribution in [0.5, 0.6) is 0 Å². The lowest BCUT2D eigenvalue weighted by molar-refractivity contribution is -0.123. The van der Waals surface area contributed by atoms with Crippen LogP contribution in [0.2, 0.25) is 0 Å². The van der Waals surface area contributed by atoms with E-state index >= 15 is 0 Å². The standard InChI is InChI=1S/C22H24N4O2S/c1-22(2,3)18-11-9-16(10-12-18)19(27)24-21(29)26-25-20(28)17(14-23)13-15-7-5-4-6-8-15/h4-12,17H,13H2,1-3H3,(H,25,28)(H2,24,26,27,29). The highest BCUT2D eigenvalue weighted by Gasteiger charge is 2.19. The molecular formula is C22H24N4O2S. The number of nitrogens with one attached hydrogen (secondary N) is 3. The SMILES string of the molecule is CC(C)(C)c1ccc(C(=O)NC(=S)NNC(=O)C(C#N)Cc2ccccc2)cc1. The summed E-state index contributed by atoms with van der Waals surface area (Å²) in [6, 6.07) is 18.5. The van der Waals surface area contributed by atoms with E-state index in [-0.39, 0.29) is 16.9 Å². The molecule has 0 bridgehead atoms. The molecule has 1 atom stereocenters. The summed E-state index contributed by atoms with van der Waals surface area (Å²) >= 11 is 5.05. The molecule has 2 aromatic rings. The van der Waals surface area contributed by atoms with Crippen molar-refractivity contribution in [3.05, 3.63) is 71.3 Å². The van der Waals surface area contributed by atoms with Gasteiger partial charge in [0, 0.05) is 5.56 Å². The van der Waals surface area contributed by atoms with Crippen LogP contribution in [0.3, 0.4) is 0 Å². The molecule has 3 N–H and O–H groups in total. The van der Waals surface area contributed by atoms with E-state index < -0.39 is 17.7 Å². The highest BCUT2D eigenvalue weighted by Crippen LogP contribution is 2.22. The summed E-state index contributed by atoms with van der Waals surface area (Å²) in [7, 11) is 0. The molecule has 0 spiro atoms. The topological polar surface area (TPSA) is 94.0 Å². The van der Waals surface area contributed by atoms with Gasteiger partial charge in [0.1, 0.15) is 5.92 Å². The number of carbonyl (C=O) groups excluding carboxylic acids is 2. The van der Waals surface area contributed by atoms with Gasteiger partial charge in [-0.05, 0) is 47.3 Å². The van der Waals surface area contributed by atoms with Crippen LogP contribution in [-0.2, 0) is 16.6 Å². The van der Waals surface area contributed by atoms with Crippen LogP contribution in [0.4, 0.5) is 0 Å². The molecule has 0 saturated heterocycles. The van der Waals surface area contributed by atoms with E-state index in [0.29, 0.717) is 5.56 Å². The fourth-order valence-electron chi connectivity index (χ4n) is 2.58. The minimum absolute atomic E-state index is 0.00677. The van der Waals surface area contributed by atoms with Crippen LogP contribution in [0.1, 0.15) is 42.3 Å². The Labute approximate surface area is 176 Å². The normalized spacial score (nSPS) is 11.7. The molecule has 7 heteroatoms. The Hall–Kier alpha value is -3.24. The van der Waals surface area contributed by atoms with Gasteiger partial charge in [-0.3, -0.25) is 25.8 Å². The van der Waals surface area contributed by atoms with Crippen LogP contribution in [0, 0.1) is 17.2 Å². The molecule has 0 fully saturated rings. The van der Waals surface area contributed by atoms with E-state index in [0.717, 1.165) is 11.1 Å². The van der Waals surface area contributed by atoms with Crippen molar-refractivity contribution in [1.29, 1.82) is 5.26 Å². The van der Waals surface area contributed by atoms with Crippen molar-refractivity contribution in [2.75, 3.05) is 0 Å². The van der Waals surface area contributed by atoms with Gasteiger partial charge in [-0.1, -0.05) is 63.2 Å². The van der Waals surface area contributed by atoms with Crippen LogP contribution in [-0.4, -0.2) is 16.9 Å². The molecule has 2 rings (SSSR count). The minimum atomic E-state index is -0.881. The lowest BCUT2D eigenvalue weighted by Crippen LogP contribution is -2.50. The molecule has 2 aromatic carbocycles. The number of hydrazine groups is 1. The molecule has 1 unspecified atom stereocenters. The Morgan fingerprint density at radius 1 is 1.03 bits per heavy atom. The van der Waals surface area contributed by atoms with Gasteiger partial charge in [-0.25, -0.2) is 0 Å². The third-order valence-corrected chi connectivity index (χ3v) is 4.50. The Morgan fingerprint density at radius 3 is 2.21 bits per heavy atom. The zero-order chi connectivity index (χ0) is 21.4. The molecular weight excluding hydrogens is 384 g/mol. The van der Waals surface area contributed by atoms with Crippen molar-refractivity contribution in [2.45, 2.75) is 32.6 Å². The molecule has 0 radical (unpaired) electrons. The Kier molecular flexibility index (Phi) is 7.46. The highest BCUT2D eigenvalue weighted by molar-refractivity contribution is 7.80. The zero-order valence-electron chi connectivity index (χ0n) is 16.7. The predicted molar refractivity (Wildman–Crippen MR) is 116 cm³/mol. The van der Waals surface area contributed by atoms with Crippen LogP contribution < -0.4 is 16.2 Å². The fraction of sp³-hybridized carbons (Fsp3) is 0.273. The van der Waals surface area contributed by atoms with Crippen LogP contribution >= 0.6 is 12.2 Å². The second-order valence-corrected chi connectivity index (χ2v) is 8.00. The molecule has 0 aliphatic rings. The van der Waals surface area contributed by atoms with Gasteiger partial charge < -0.3 is 0 Å². The van der Waals surface area contributed by atoms with Crippen LogP contribution in [0.25, 0.3) is 0 Å². The number of carbonyl (C=O) groups is 2. The van der Waals surface area contributed by atoms with Crippen molar-refractivity contribution in [3.63, 3.8) is 0 Å². The molecule has 0 saturated carbocycles. The maximum atomic E-state index is 12.3. The van der Waals surface area contributed by atoms with Crippen molar-refractivity contribution >= 4 is 29.1 Å². The number of hydrogen-bond acceptors (Lipinski definition) is 4. The molecule has 0 aliphatic carbocycles. The Bertz CT molecular complexity index is 913. The van der Waals surface area contributed by atoms with E-state index in [4.69, 9.17) is 12.2 Å². The number of rotatable bonds is 4. The van der Waals surface area contributed by atoms with E-state index in [2.05, 4.69) is 36.9 Å². The summed E-state index contributed by atoms with van der Waals surface area (Å²) in [4.78, 5) is 24.5. The number of hydrogen-bond donors (Lipinski definition) is 3. The molecule has 150 valence electrons. The van der Waals surface area contributed by atoms with E-state index in [1.54, 1.807) is 12.1 Å². The quantitative estimate of drug-likeness (QED) is 0.534. The maximum Gasteiger partial charge on any atom is 0.257 e. The molecule has 0 aliphatic heterocycles. The van der Waals surface area contributed by atoms with Gasteiger partial charge in [-0.2, -0.15) is 5.26 Å². The van der Waals surface area contributed by atoms with E-state index in [9.17, 15) is 14.9 Å². The average Bonchev–Trinajstić information content (AvgIpc) is 2.70. The smallest absolute Gasteiger partial charge is 0.257 e. The van der Waals surface area contributed by atoms with E-state index in [1.807, 2.05) is 48.5 Å². The summed E-state index contributed by atoms with van der Waals surface area (Å²) in [6.07, 6.45) is 0.282. The highest BCUT2D eigenvalue weighted by atomic mass is 32.1. The summed E-state index contributed by atoms with van der Waals surface area (Å²) in [5.41, 5.74) is 7.28. The number of nitriles is 1. The first kappa shape index (κ1) is 22.1. The van der Waals surface area contributed by atoms with Crippen LogP contribution in [0.15, 0.2) is 54.6 Å². The number of nitrogens with zero attached hydrogens (tertiary/aromatic N) is 1. The van der Waals surface area contributed by atoms with Gasteiger partial charge >= 0.3 is 0 Å². The minimum Gasteiger partial charge on any atom is -0.298 e. The maximum absolute atomic E-state index is 12.3. The molecule has 0 aromatic heterocycles. The van der Waals surface area contributed by atoms with Crippen molar-refractivity contribution in [1.82, 2.24) is 16.2 Å². The van der Waals surface area contributed by atoms with Gasteiger partial charge in [0.05, 0.1) is 6.07 Å².